The Kier molecular flexibility index (Phi) is 5.62. The highest BCUT2D eigenvalue weighted by molar-refractivity contribution is 7.99. The van der Waals surface area contributed by atoms with Gasteiger partial charge in [-0.2, -0.15) is 0 Å². The van der Waals surface area contributed by atoms with Crippen molar-refractivity contribution in [3.8, 4) is 0 Å². The maximum atomic E-state index is 12.4. The second-order valence-corrected chi connectivity index (χ2v) is 7.89. The second-order valence-electron chi connectivity index (χ2n) is 5.71. The number of ether oxygens (including phenoxy) is 1. The molecule has 140 valence electrons. The van der Waals surface area contributed by atoms with Gasteiger partial charge in [-0.3, -0.25) is 14.2 Å². The minimum Gasteiger partial charge on any atom is -0.465 e. The highest BCUT2D eigenvalue weighted by Crippen LogP contribution is 2.24. The zero-order chi connectivity index (χ0) is 19.6. The summed E-state index contributed by atoms with van der Waals surface area (Å²) in [5, 5.41) is 3.75. The number of carbonyl (C=O) groups excluding carboxylic acids is 2. The molecule has 0 atom stereocenters. The van der Waals surface area contributed by atoms with E-state index < -0.39 is 5.97 Å². The van der Waals surface area contributed by atoms with Crippen molar-refractivity contribution in [2.24, 2.45) is 7.05 Å². The average Bonchev–Trinajstić information content (AvgIpc) is 3.04. The van der Waals surface area contributed by atoms with Crippen molar-refractivity contribution < 1.29 is 14.3 Å². The number of aromatic nitrogens is 2. The quantitative estimate of drug-likeness (QED) is 0.400. The molecule has 0 spiro atoms. The first-order valence-corrected chi connectivity index (χ1v) is 9.78. The summed E-state index contributed by atoms with van der Waals surface area (Å²) in [6, 6.07) is 8.43. The Balaban J connectivity index is 1.75. The Morgan fingerprint density at radius 2 is 2.07 bits per heavy atom. The van der Waals surface area contributed by atoms with Crippen LogP contribution in [0.2, 0.25) is 0 Å². The predicted octanol–water partition coefficient (Wildman–Crippen LogP) is 2.82. The van der Waals surface area contributed by atoms with Crippen molar-refractivity contribution >= 4 is 50.9 Å². The molecule has 1 amide bonds. The van der Waals surface area contributed by atoms with Gasteiger partial charge in [-0.15, -0.1) is 11.3 Å². The fourth-order valence-corrected chi connectivity index (χ4v) is 4.19. The first kappa shape index (κ1) is 19.1. The molecule has 0 unspecified atom stereocenters. The number of nitrogens with one attached hydrogen (secondary N) is 1. The molecule has 3 aromatic rings. The summed E-state index contributed by atoms with van der Waals surface area (Å²) in [7, 11) is 2.92. The molecule has 0 aliphatic carbocycles. The molecule has 1 N–H and O–H groups in total. The third-order valence-corrected chi connectivity index (χ3v) is 5.77. The summed E-state index contributed by atoms with van der Waals surface area (Å²) in [4.78, 5) is 42.7. The molecule has 0 aliphatic rings. The normalized spacial score (nSPS) is 10.8. The highest BCUT2D eigenvalue weighted by Gasteiger charge is 2.15. The molecule has 0 aliphatic heterocycles. The van der Waals surface area contributed by atoms with Gasteiger partial charge in [0.15, 0.2) is 5.16 Å². The summed E-state index contributed by atoms with van der Waals surface area (Å²) in [5.41, 5.74) is 0.517. The predicted molar refractivity (Wildman–Crippen MR) is 107 cm³/mol. The number of nitrogens with zero attached hydrogens (tertiary/aromatic N) is 2. The van der Waals surface area contributed by atoms with E-state index in [9.17, 15) is 14.4 Å². The number of rotatable bonds is 5. The molecule has 0 saturated carbocycles. The van der Waals surface area contributed by atoms with Crippen LogP contribution in [0, 0.1) is 6.92 Å². The summed E-state index contributed by atoms with van der Waals surface area (Å²) in [6.45, 7) is 1.92. The molecular weight excluding hydrogens is 386 g/mol. The SMILES string of the molecule is COC(=O)c1ccccc1NC(=O)CSc1nc2sc(C)cc2c(=O)n1C. The van der Waals surface area contributed by atoms with E-state index in [0.717, 1.165) is 16.6 Å². The lowest BCUT2D eigenvalue weighted by Crippen LogP contribution is -2.21. The van der Waals surface area contributed by atoms with E-state index >= 15 is 0 Å². The van der Waals surface area contributed by atoms with Crippen molar-refractivity contribution in [1.82, 2.24) is 9.55 Å². The highest BCUT2D eigenvalue weighted by atomic mass is 32.2. The molecule has 0 saturated heterocycles. The third-order valence-electron chi connectivity index (χ3n) is 3.79. The number of benzene rings is 1. The van der Waals surface area contributed by atoms with Crippen molar-refractivity contribution in [1.29, 1.82) is 0 Å². The molecule has 9 heteroatoms. The Labute approximate surface area is 163 Å². The van der Waals surface area contributed by atoms with Gasteiger partial charge in [0, 0.05) is 11.9 Å². The molecule has 0 bridgehead atoms. The Hall–Kier alpha value is -2.65. The number of amides is 1. The zero-order valence-electron chi connectivity index (χ0n) is 14.9. The van der Waals surface area contributed by atoms with Gasteiger partial charge in [0.1, 0.15) is 4.83 Å². The molecule has 0 fully saturated rings. The summed E-state index contributed by atoms with van der Waals surface area (Å²) < 4.78 is 6.16. The molecule has 0 radical (unpaired) electrons. The molecule has 7 nitrogen and oxygen atoms in total. The van der Waals surface area contributed by atoms with Crippen LogP contribution in [-0.2, 0) is 16.6 Å². The van der Waals surface area contributed by atoms with Crippen LogP contribution in [-0.4, -0.2) is 34.3 Å². The van der Waals surface area contributed by atoms with E-state index in [0.29, 0.717) is 21.1 Å². The van der Waals surface area contributed by atoms with Crippen LogP contribution < -0.4 is 10.9 Å². The van der Waals surface area contributed by atoms with E-state index in [4.69, 9.17) is 4.74 Å². The van der Waals surface area contributed by atoms with Crippen LogP contribution in [0.3, 0.4) is 0 Å². The number of thiophene rings is 1. The Bertz CT molecular complexity index is 1090. The van der Waals surface area contributed by atoms with Gasteiger partial charge in [0.05, 0.1) is 29.5 Å². The number of methoxy groups -OCH3 is 1. The number of carbonyl (C=O) groups is 2. The minimum absolute atomic E-state index is 0.0473. The zero-order valence-corrected chi connectivity index (χ0v) is 16.6. The first-order valence-electron chi connectivity index (χ1n) is 7.98. The second kappa shape index (κ2) is 7.93. The lowest BCUT2D eigenvalue weighted by Gasteiger charge is -2.10. The molecule has 27 heavy (non-hydrogen) atoms. The van der Waals surface area contributed by atoms with Crippen molar-refractivity contribution in [2.45, 2.75) is 12.1 Å². The fourth-order valence-electron chi connectivity index (χ4n) is 2.49. The fraction of sp³-hybridized carbons (Fsp3) is 0.222. The Morgan fingerprint density at radius 1 is 1.33 bits per heavy atom. The lowest BCUT2D eigenvalue weighted by molar-refractivity contribution is -0.113. The van der Waals surface area contributed by atoms with Crippen LogP contribution in [0.1, 0.15) is 15.2 Å². The minimum atomic E-state index is -0.527. The van der Waals surface area contributed by atoms with Crippen LogP contribution in [0.4, 0.5) is 5.69 Å². The maximum absolute atomic E-state index is 12.4. The van der Waals surface area contributed by atoms with Gasteiger partial charge >= 0.3 is 5.97 Å². The van der Waals surface area contributed by atoms with Crippen molar-refractivity contribution in [3.05, 3.63) is 51.1 Å². The van der Waals surface area contributed by atoms with Gasteiger partial charge in [-0.25, -0.2) is 9.78 Å². The average molecular weight is 403 g/mol. The molecule has 1 aromatic carbocycles. The lowest BCUT2D eigenvalue weighted by atomic mass is 10.2. The van der Waals surface area contributed by atoms with E-state index in [1.165, 1.54) is 23.0 Å². The van der Waals surface area contributed by atoms with Crippen molar-refractivity contribution in [2.75, 3.05) is 18.2 Å². The van der Waals surface area contributed by atoms with Gasteiger partial charge in [0.25, 0.3) is 5.56 Å². The van der Waals surface area contributed by atoms with Crippen LogP contribution in [0.15, 0.2) is 40.3 Å². The monoisotopic (exact) mass is 403 g/mol. The summed E-state index contributed by atoms with van der Waals surface area (Å²) >= 11 is 2.61. The van der Waals surface area contributed by atoms with Gasteiger partial charge in [-0.05, 0) is 25.1 Å². The van der Waals surface area contributed by atoms with Crippen LogP contribution in [0.5, 0.6) is 0 Å². The van der Waals surface area contributed by atoms with Gasteiger partial charge in [0.2, 0.25) is 5.91 Å². The van der Waals surface area contributed by atoms with Crippen molar-refractivity contribution in [3.63, 3.8) is 0 Å². The van der Waals surface area contributed by atoms with E-state index in [1.54, 1.807) is 31.3 Å². The number of fused-ring (bicyclic) bond motifs is 1. The summed E-state index contributed by atoms with van der Waals surface area (Å²) in [6.07, 6.45) is 0. The van der Waals surface area contributed by atoms with Gasteiger partial charge in [-0.1, -0.05) is 23.9 Å². The topological polar surface area (TPSA) is 90.3 Å². The number of esters is 1. The van der Waals surface area contributed by atoms with Crippen LogP contribution in [0.25, 0.3) is 10.2 Å². The molecular formula is C18H17N3O4S2. The third kappa shape index (κ3) is 4.04. The largest absolute Gasteiger partial charge is 0.465 e. The number of aryl methyl sites for hydroxylation is 1. The van der Waals surface area contributed by atoms with Crippen LogP contribution >= 0.6 is 23.1 Å². The Morgan fingerprint density at radius 3 is 2.81 bits per heavy atom. The summed E-state index contributed by atoms with van der Waals surface area (Å²) in [5.74, 6) is -0.791. The molecule has 3 rings (SSSR count). The smallest absolute Gasteiger partial charge is 0.339 e. The standard InChI is InChI=1S/C18H17N3O4S2/c1-10-8-12-15(27-10)20-18(21(2)16(12)23)26-9-14(22)19-13-7-5-4-6-11(13)17(24)25-3/h4-8H,9H2,1-3H3,(H,19,22). The number of para-hydroxylation sites is 1. The number of hydrogen-bond acceptors (Lipinski definition) is 7. The number of hydrogen-bond donors (Lipinski definition) is 1. The van der Waals surface area contributed by atoms with E-state index in [2.05, 4.69) is 10.3 Å². The molecule has 2 aromatic heterocycles. The number of anilines is 1. The maximum Gasteiger partial charge on any atom is 0.339 e. The molecule has 2 heterocycles. The van der Waals surface area contributed by atoms with E-state index in [-0.39, 0.29) is 22.8 Å². The first-order chi connectivity index (χ1) is 12.9. The van der Waals surface area contributed by atoms with E-state index in [1.807, 2.05) is 13.0 Å². The number of thioether (sulfide) groups is 1. The van der Waals surface area contributed by atoms with Gasteiger partial charge < -0.3 is 10.1 Å².